The van der Waals surface area contributed by atoms with Crippen LogP contribution in [0.3, 0.4) is 0 Å². The molecule has 0 aliphatic rings. The number of anilines is 1. The third-order valence-electron chi connectivity index (χ3n) is 2.95. The molecule has 0 bridgehead atoms. The quantitative estimate of drug-likeness (QED) is 0.708. The Morgan fingerprint density at radius 2 is 1.76 bits per heavy atom. The lowest BCUT2D eigenvalue weighted by Crippen LogP contribution is -2.49. The van der Waals surface area contributed by atoms with Gasteiger partial charge in [0.1, 0.15) is 4.90 Å². The lowest BCUT2D eigenvalue weighted by atomic mass is 10.0. The van der Waals surface area contributed by atoms with Crippen molar-refractivity contribution in [2.24, 2.45) is 0 Å². The molecular formula is C14H23N3O3S. The number of sulfonamides is 1. The highest BCUT2D eigenvalue weighted by Gasteiger charge is 2.28. The molecule has 0 saturated heterocycles. The lowest BCUT2D eigenvalue weighted by Gasteiger charge is -2.25. The van der Waals surface area contributed by atoms with Gasteiger partial charge in [0.15, 0.2) is 0 Å². The van der Waals surface area contributed by atoms with E-state index in [2.05, 4.69) is 15.4 Å². The van der Waals surface area contributed by atoms with Crippen LogP contribution >= 0.6 is 0 Å². The first-order chi connectivity index (χ1) is 9.74. The van der Waals surface area contributed by atoms with Gasteiger partial charge in [0.25, 0.3) is 0 Å². The summed E-state index contributed by atoms with van der Waals surface area (Å²) >= 11 is 0. The minimum Gasteiger partial charge on any atom is -0.323 e. The maximum absolute atomic E-state index is 12.3. The molecule has 1 amide bonds. The molecule has 0 aliphatic heterocycles. The molecule has 0 aliphatic carbocycles. The van der Waals surface area contributed by atoms with Crippen LogP contribution in [0.5, 0.6) is 0 Å². The van der Waals surface area contributed by atoms with Crippen LogP contribution < -0.4 is 15.4 Å². The van der Waals surface area contributed by atoms with Gasteiger partial charge < -0.3 is 10.6 Å². The molecule has 21 heavy (non-hydrogen) atoms. The first kappa shape index (κ1) is 17.6. The third-order valence-corrected chi connectivity index (χ3v) is 4.55. The van der Waals surface area contributed by atoms with Crippen LogP contribution in [0, 0.1) is 0 Å². The molecular weight excluding hydrogens is 290 g/mol. The van der Waals surface area contributed by atoms with E-state index in [0.29, 0.717) is 6.54 Å². The fourth-order valence-electron chi connectivity index (χ4n) is 1.87. The lowest BCUT2D eigenvalue weighted by molar-refractivity contribution is -0.121. The van der Waals surface area contributed by atoms with Crippen LogP contribution in [0.4, 0.5) is 5.69 Å². The molecule has 7 heteroatoms. The van der Waals surface area contributed by atoms with Crippen LogP contribution in [-0.4, -0.2) is 33.0 Å². The number of benzene rings is 1. The molecule has 3 N–H and O–H groups in total. The first-order valence-corrected chi connectivity index (χ1v) is 8.38. The molecule has 0 aromatic heterocycles. The van der Waals surface area contributed by atoms with Crippen molar-refractivity contribution in [1.82, 2.24) is 10.0 Å². The van der Waals surface area contributed by atoms with Crippen molar-refractivity contribution in [2.45, 2.75) is 38.1 Å². The number of carbonyl (C=O) groups excluding carboxylic acids is 1. The summed E-state index contributed by atoms with van der Waals surface area (Å²) in [6.07, 6.45) is 0. The van der Waals surface area contributed by atoms with Crippen molar-refractivity contribution in [2.75, 3.05) is 18.4 Å². The summed E-state index contributed by atoms with van der Waals surface area (Å²) in [5.41, 5.74) is -0.515. The molecule has 118 valence electrons. The highest BCUT2D eigenvalue weighted by molar-refractivity contribution is 7.89. The topological polar surface area (TPSA) is 87.3 Å². The van der Waals surface area contributed by atoms with Crippen molar-refractivity contribution in [1.29, 1.82) is 0 Å². The summed E-state index contributed by atoms with van der Waals surface area (Å²) in [6.45, 7) is 8.01. The van der Waals surface area contributed by atoms with Crippen molar-refractivity contribution < 1.29 is 13.2 Å². The number of carbonyl (C=O) groups is 1. The van der Waals surface area contributed by atoms with E-state index >= 15 is 0 Å². The van der Waals surface area contributed by atoms with E-state index in [9.17, 15) is 13.2 Å². The Kier molecular flexibility index (Phi) is 5.88. The molecule has 0 unspecified atom stereocenters. The van der Waals surface area contributed by atoms with E-state index < -0.39 is 15.6 Å². The van der Waals surface area contributed by atoms with Crippen molar-refractivity contribution in [3.8, 4) is 0 Å². The maximum atomic E-state index is 12.3. The molecule has 1 aromatic carbocycles. The van der Waals surface area contributed by atoms with Gasteiger partial charge in [0.05, 0.1) is 11.2 Å². The zero-order valence-corrected chi connectivity index (χ0v) is 13.7. The normalized spacial score (nSPS) is 12.2. The Hall–Kier alpha value is -1.44. The van der Waals surface area contributed by atoms with E-state index in [1.54, 1.807) is 39.0 Å². The summed E-state index contributed by atoms with van der Waals surface area (Å²) in [4.78, 5) is 12.3. The zero-order valence-electron chi connectivity index (χ0n) is 12.9. The minimum atomic E-state index is -3.63. The van der Waals surface area contributed by atoms with E-state index in [1.807, 2.05) is 6.92 Å². The molecule has 0 heterocycles. The number of hydrogen-bond donors (Lipinski definition) is 3. The summed E-state index contributed by atoms with van der Waals surface area (Å²) < 4.78 is 26.7. The van der Waals surface area contributed by atoms with Crippen molar-refractivity contribution >= 4 is 21.6 Å². The third kappa shape index (κ3) is 4.52. The largest absolute Gasteiger partial charge is 0.323 e. The number of amides is 1. The van der Waals surface area contributed by atoms with Gasteiger partial charge in [-0.15, -0.1) is 0 Å². The predicted octanol–water partition coefficient (Wildman–Crippen LogP) is 1.31. The molecule has 1 rings (SSSR count). The Labute approximate surface area is 126 Å². The fourth-order valence-corrected chi connectivity index (χ4v) is 3.07. The van der Waals surface area contributed by atoms with Crippen LogP contribution in [0.1, 0.15) is 27.7 Å². The van der Waals surface area contributed by atoms with Crippen LogP contribution in [0.15, 0.2) is 29.2 Å². The predicted molar refractivity (Wildman–Crippen MR) is 83.7 cm³/mol. The second-order valence-electron chi connectivity index (χ2n) is 5.11. The number of rotatable bonds is 7. The van der Waals surface area contributed by atoms with Gasteiger partial charge >= 0.3 is 0 Å². The first-order valence-electron chi connectivity index (χ1n) is 6.89. The number of likely N-dealkylation sites (N-methyl/N-ethyl adjacent to an activating group) is 1. The molecule has 0 atom stereocenters. The van der Waals surface area contributed by atoms with Crippen molar-refractivity contribution in [3.05, 3.63) is 24.3 Å². The summed E-state index contributed by atoms with van der Waals surface area (Å²) in [6, 6.07) is 6.34. The Balaban J connectivity index is 3.08. The Bertz CT molecular complexity index is 597. The van der Waals surface area contributed by atoms with Gasteiger partial charge in [0.2, 0.25) is 15.9 Å². The number of para-hydroxylation sites is 1. The smallest absolute Gasteiger partial charge is 0.244 e. The van der Waals surface area contributed by atoms with E-state index in [4.69, 9.17) is 0 Å². The number of nitrogens with one attached hydrogen (secondary N) is 3. The van der Waals surface area contributed by atoms with Gasteiger partial charge in [-0.1, -0.05) is 26.0 Å². The number of hydrogen-bond acceptors (Lipinski definition) is 4. The van der Waals surface area contributed by atoms with Gasteiger partial charge in [-0.05, 0) is 32.5 Å². The van der Waals surface area contributed by atoms with Gasteiger partial charge in [0, 0.05) is 6.54 Å². The van der Waals surface area contributed by atoms with Crippen molar-refractivity contribution in [3.63, 3.8) is 0 Å². The maximum Gasteiger partial charge on any atom is 0.244 e. The van der Waals surface area contributed by atoms with Gasteiger partial charge in [-0.25, -0.2) is 13.1 Å². The van der Waals surface area contributed by atoms with Gasteiger partial charge in [-0.2, -0.15) is 0 Å². The molecule has 0 spiro atoms. The van der Waals surface area contributed by atoms with Crippen LogP contribution in [-0.2, 0) is 14.8 Å². The van der Waals surface area contributed by atoms with E-state index in [0.717, 1.165) is 0 Å². The Morgan fingerprint density at radius 1 is 1.14 bits per heavy atom. The second kappa shape index (κ2) is 7.02. The van der Waals surface area contributed by atoms with E-state index in [1.165, 1.54) is 6.07 Å². The molecule has 6 nitrogen and oxygen atoms in total. The average molecular weight is 313 g/mol. The summed E-state index contributed by atoms with van der Waals surface area (Å²) in [7, 11) is -3.63. The van der Waals surface area contributed by atoms with E-state index in [-0.39, 0.29) is 23.0 Å². The monoisotopic (exact) mass is 313 g/mol. The zero-order chi connectivity index (χ0) is 16.1. The fraction of sp³-hybridized carbons (Fsp3) is 0.500. The molecule has 0 fully saturated rings. The standard InChI is InChI=1S/C14H23N3O3S/c1-5-15-14(3,4)13(18)17-11-9-7-8-10-12(11)21(19,20)16-6-2/h7-10,15-16H,5-6H2,1-4H3,(H,17,18). The average Bonchev–Trinajstić information content (AvgIpc) is 2.39. The minimum absolute atomic E-state index is 0.0625. The Morgan fingerprint density at radius 3 is 2.33 bits per heavy atom. The summed E-state index contributed by atoms with van der Waals surface area (Å²) in [5, 5.41) is 5.73. The summed E-state index contributed by atoms with van der Waals surface area (Å²) in [5.74, 6) is -0.288. The highest BCUT2D eigenvalue weighted by atomic mass is 32.2. The molecule has 1 aromatic rings. The highest BCUT2D eigenvalue weighted by Crippen LogP contribution is 2.21. The van der Waals surface area contributed by atoms with Crippen LogP contribution in [0.2, 0.25) is 0 Å². The second-order valence-corrected chi connectivity index (χ2v) is 6.84. The molecule has 0 saturated carbocycles. The van der Waals surface area contributed by atoms with Crippen LogP contribution in [0.25, 0.3) is 0 Å². The molecule has 0 radical (unpaired) electrons. The SMILES string of the molecule is CCNC(C)(C)C(=O)Nc1ccccc1S(=O)(=O)NCC. The van der Waals surface area contributed by atoms with Gasteiger partial charge in [-0.3, -0.25) is 4.79 Å².